The maximum atomic E-state index is 10.3. The van der Waals surface area contributed by atoms with Crippen molar-refractivity contribution in [3.8, 4) is 0 Å². The molecule has 0 saturated carbocycles. The van der Waals surface area contributed by atoms with Crippen LogP contribution in [0.5, 0.6) is 0 Å². The van der Waals surface area contributed by atoms with Crippen LogP contribution in [-0.4, -0.2) is 25.7 Å². The maximum Gasteiger partial charge on any atom is 0.293 e. The van der Waals surface area contributed by atoms with Gasteiger partial charge >= 0.3 is 0 Å². The summed E-state index contributed by atoms with van der Waals surface area (Å²) in [5.41, 5.74) is 0. The molecule has 1 heterocycles. The molecule has 0 aromatic carbocycles. The van der Waals surface area contributed by atoms with E-state index < -0.39 is 0 Å². The zero-order valence-electron chi connectivity index (χ0n) is 9.71. The number of hydrogen-bond acceptors (Lipinski definition) is 3. The molecule has 1 unspecified atom stereocenters. The van der Waals surface area contributed by atoms with Gasteiger partial charge in [-0.05, 0) is 51.1 Å². The third-order valence-electron chi connectivity index (χ3n) is 3.21. The standard InChI is InChI=1S/C12H23NO2/c1-2-3-12(15-10-14)5-4-11-6-8-13-9-7-11/h10-13H,2-9H2,1H3. The second-order valence-corrected chi connectivity index (χ2v) is 4.41. The van der Waals surface area contributed by atoms with Crippen molar-refractivity contribution in [3.05, 3.63) is 0 Å². The molecule has 15 heavy (non-hydrogen) atoms. The zero-order valence-corrected chi connectivity index (χ0v) is 9.71. The summed E-state index contributed by atoms with van der Waals surface area (Å²) < 4.78 is 5.08. The minimum atomic E-state index is 0.155. The van der Waals surface area contributed by atoms with Gasteiger partial charge in [0.05, 0.1) is 0 Å². The lowest BCUT2D eigenvalue weighted by atomic mass is 9.91. The summed E-state index contributed by atoms with van der Waals surface area (Å²) in [6.45, 7) is 5.03. The van der Waals surface area contributed by atoms with Crippen LogP contribution < -0.4 is 5.32 Å². The molecule has 0 aromatic heterocycles. The number of hydrogen-bond donors (Lipinski definition) is 1. The third-order valence-corrected chi connectivity index (χ3v) is 3.21. The van der Waals surface area contributed by atoms with Gasteiger partial charge in [-0.3, -0.25) is 4.79 Å². The minimum Gasteiger partial charge on any atom is -0.465 e. The Balaban J connectivity index is 2.16. The van der Waals surface area contributed by atoms with E-state index >= 15 is 0 Å². The van der Waals surface area contributed by atoms with E-state index in [1.807, 2.05) is 0 Å². The topological polar surface area (TPSA) is 38.3 Å². The first-order chi connectivity index (χ1) is 7.36. The molecule has 0 spiro atoms. The quantitative estimate of drug-likeness (QED) is 0.658. The van der Waals surface area contributed by atoms with Crippen LogP contribution in [0.1, 0.15) is 45.4 Å². The van der Waals surface area contributed by atoms with Crippen LogP contribution in [0.2, 0.25) is 0 Å². The number of carbonyl (C=O) groups excluding carboxylic acids is 1. The molecule has 1 rings (SSSR count). The Bertz CT molecular complexity index is 167. The van der Waals surface area contributed by atoms with Crippen LogP contribution in [0.4, 0.5) is 0 Å². The molecule has 0 bridgehead atoms. The number of carbonyl (C=O) groups is 1. The number of nitrogens with one attached hydrogen (secondary N) is 1. The molecule has 0 aromatic rings. The first-order valence-electron chi connectivity index (χ1n) is 6.16. The van der Waals surface area contributed by atoms with Gasteiger partial charge in [-0.1, -0.05) is 13.3 Å². The van der Waals surface area contributed by atoms with E-state index in [0.29, 0.717) is 6.47 Å². The third kappa shape index (κ3) is 5.17. The lowest BCUT2D eigenvalue weighted by Crippen LogP contribution is -2.28. The van der Waals surface area contributed by atoms with Crippen LogP contribution in [-0.2, 0) is 9.53 Å². The summed E-state index contributed by atoms with van der Waals surface area (Å²) in [6.07, 6.45) is 7.05. The highest BCUT2D eigenvalue weighted by Gasteiger charge is 2.16. The van der Waals surface area contributed by atoms with E-state index in [0.717, 1.165) is 38.3 Å². The Morgan fingerprint density at radius 1 is 1.40 bits per heavy atom. The molecule has 1 aliphatic rings. The van der Waals surface area contributed by atoms with Gasteiger partial charge in [-0.2, -0.15) is 0 Å². The van der Waals surface area contributed by atoms with E-state index in [9.17, 15) is 4.79 Å². The minimum absolute atomic E-state index is 0.155. The lowest BCUT2D eigenvalue weighted by Gasteiger charge is -2.24. The SMILES string of the molecule is CCCC(CCC1CCNCC1)OC=O. The molecule has 3 nitrogen and oxygen atoms in total. The van der Waals surface area contributed by atoms with E-state index in [1.165, 1.54) is 19.3 Å². The van der Waals surface area contributed by atoms with Gasteiger partial charge in [0.2, 0.25) is 0 Å². The fraction of sp³-hybridized carbons (Fsp3) is 0.917. The van der Waals surface area contributed by atoms with Gasteiger partial charge in [0.1, 0.15) is 6.10 Å². The highest BCUT2D eigenvalue weighted by Crippen LogP contribution is 2.20. The van der Waals surface area contributed by atoms with Gasteiger partial charge in [-0.15, -0.1) is 0 Å². The Kier molecular flexibility index (Phi) is 6.41. The molecular formula is C12H23NO2. The van der Waals surface area contributed by atoms with Crippen LogP contribution in [0.25, 0.3) is 0 Å². The summed E-state index contributed by atoms with van der Waals surface area (Å²) in [5, 5.41) is 3.37. The highest BCUT2D eigenvalue weighted by molar-refractivity contribution is 5.37. The predicted octanol–water partition coefficient (Wildman–Crippen LogP) is 2.11. The van der Waals surface area contributed by atoms with Gasteiger partial charge in [0, 0.05) is 0 Å². The monoisotopic (exact) mass is 213 g/mol. The molecule has 88 valence electrons. The summed E-state index contributed by atoms with van der Waals surface area (Å²) in [7, 11) is 0. The average Bonchev–Trinajstić information content (AvgIpc) is 2.28. The van der Waals surface area contributed by atoms with Gasteiger partial charge in [0.15, 0.2) is 0 Å². The second kappa shape index (κ2) is 7.69. The largest absolute Gasteiger partial charge is 0.465 e. The summed E-state index contributed by atoms with van der Waals surface area (Å²) >= 11 is 0. The summed E-state index contributed by atoms with van der Waals surface area (Å²) in [6, 6.07) is 0. The summed E-state index contributed by atoms with van der Waals surface area (Å²) in [5.74, 6) is 0.834. The van der Waals surface area contributed by atoms with Crippen molar-refractivity contribution in [2.75, 3.05) is 13.1 Å². The van der Waals surface area contributed by atoms with E-state index in [-0.39, 0.29) is 6.10 Å². The molecule has 3 heteroatoms. The molecular weight excluding hydrogens is 190 g/mol. The van der Waals surface area contributed by atoms with Crippen molar-refractivity contribution < 1.29 is 9.53 Å². The summed E-state index contributed by atoms with van der Waals surface area (Å²) in [4.78, 5) is 10.3. The Hall–Kier alpha value is -0.570. The van der Waals surface area contributed by atoms with E-state index in [1.54, 1.807) is 0 Å². The number of rotatable bonds is 7. The van der Waals surface area contributed by atoms with Crippen LogP contribution in [0, 0.1) is 5.92 Å². The van der Waals surface area contributed by atoms with Gasteiger partial charge in [0.25, 0.3) is 6.47 Å². The Morgan fingerprint density at radius 2 is 2.13 bits per heavy atom. The molecule has 1 N–H and O–H groups in total. The maximum absolute atomic E-state index is 10.3. The first kappa shape index (κ1) is 12.5. The molecule has 0 amide bonds. The molecule has 1 fully saturated rings. The second-order valence-electron chi connectivity index (χ2n) is 4.41. The predicted molar refractivity (Wildman–Crippen MR) is 60.7 cm³/mol. The number of piperidine rings is 1. The Labute approximate surface area is 92.6 Å². The smallest absolute Gasteiger partial charge is 0.293 e. The van der Waals surface area contributed by atoms with Gasteiger partial charge in [-0.25, -0.2) is 0 Å². The van der Waals surface area contributed by atoms with Crippen molar-refractivity contribution in [1.29, 1.82) is 0 Å². The number of ether oxygens (including phenoxy) is 1. The molecule has 1 atom stereocenters. The normalized spacial score (nSPS) is 19.8. The fourth-order valence-corrected chi connectivity index (χ4v) is 2.27. The van der Waals surface area contributed by atoms with Crippen molar-refractivity contribution in [3.63, 3.8) is 0 Å². The van der Waals surface area contributed by atoms with E-state index in [4.69, 9.17) is 4.74 Å². The first-order valence-corrected chi connectivity index (χ1v) is 6.16. The van der Waals surface area contributed by atoms with Gasteiger partial charge < -0.3 is 10.1 Å². The van der Waals surface area contributed by atoms with Crippen LogP contribution >= 0.6 is 0 Å². The molecule has 1 saturated heterocycles. The van der Waals surface area contributed by atoms with Crippen molar-refractivity contribution >= 4 is 6.47 Å². The fourth-order valence-electron chi connectivity index (χ4n) is 2.27. The van der Waals surface area contributed by atoms with E-state index in [2.05, 4.69) is 12.2 Å². The molecule has 0 radical (unpaired) electrons. The Morgan fingerprint density at radius 3 is 2.73 bits per heavy atom. The van der Waals surface area contributed by atoms with Crippen molar-refractivity contribution in [2.24, 2.45) is 5.92 Å². The zero-order chi connectivity index (χ0) is 10.9. The lowest BCUT2D eigenvalue weighted by molar-refractivity contribution is -0.134. The van der Waals surface area contributed by atoms with Crippen LogP contribution in [0.3, 0.4) is 0 Å². The van der Waals surface area contributed by atoms with Crippen molar-refractivity contribution in [2.45, 2.75) is 51.6 Å². The van der Waals surface area contributed by atoms with Crippen LogP contribution in [0.15, 0.2) is 0 Å². The average molecular weight is 213 g/mol. The highest BCUT2D eigenvalue weighted by atomic mass is 16.5. The van der Waals surface area contributed by atoms with Crippen molar-refractivity contribution in [1.82, 2.24) is 5.32 Å². The molecule has 0 aliphatic carbocycles. The molecule has 1 aliphatic heterocycles.